The van der Waals surface area contributed by atoms with Crippen LogP contribution in [0.5, 0.6) is 0 Å². The van der Waals surface area contributed by atoms with Gasteiger partial charge >= 0.3 is 0 Å². The van der Waals surface area contributed by atoms with E-state index in [1.165, 1.54) is 58.4 Å². The zero-order chi connectivity index (χ0) is 11.8. The molecule has 1 N–H and O–H groups in total. The van der Waals surface area contributed by atoms with Crippen LogP contribution in [-0.2, 0) is 0 Å². The van der Waals surface area contributed by atoms with Crippen molar-refractivity contribution < 1.29 is 0 Å². The van der Waals surface area contributed by atoms with E-state index in [-0.39, 0.29) is 0 Å². The molecule has 0 aliphatic carbocycles. The second-order valence-corrected chi connectivity index (χ2v) is 5.14. The molecule has 0 aromatic carbocycles. The Morgan fingerprint density at radius 2 is 2.00 bits per heavy atom. The first kappa shape index (κ1) is 13.9. The standard InChI is InChI=1S/C13H29N3/c1-4-16(11-7-10-15(2)3)13-8-5-6-9-14-12-13/h13-14H,4-12H2,1-3H3. The molecule has 96 valence electrons. The minimum absolute atomic E-state index is 0.773. The van der Waals surface area contributed by atoms with Gasteiger partial charge in [-0.2, -0.15) is 0 Å². The Morgan fingerprint density at radius 3 is 2.69 bits per heavy atom. The van der Waals surface area contributed by atoms with Gasteiger partial charge in [0.1, 0.15) is 0 Å². The summed E-state index contributed by atoms with van der Waals surface area (Å²) in [5, 5.41) is 3.56. The molecule has 0 spiro atoms. The second kappa shape index (κ2) is 8.04. The molecule has 1 aliphatic heterocycles. The van der Waals surface area contributed by atoms with Crippen LogP contribution in [0.4, 0.5) is 0 Å². The minimum Gasteiger partial charge on any atom is -0.315 e. The summed E-state index contributed by atoms with van der Waals surface area (Å²) in [5.74, 6) is 0. The summed E-state index contributed by atoms with van der Waals surface area (Å²) in [5.41, 5.74) is 0. The fraction of sp³-hybridized carbons (Fsp3) is 1.00. The zero-order valence-electron chi connectivity index (χ0n) is 11.3. The first-order valence-corrected chi connectivity index (χ1v) is 6.83. The van der Waals surface area contributed by atoms with Crippen LogP contribution in [0.1, 0.15) is 32.6 Å². The van der Waals surface area contributed by atoms with Gasteiger partial charge in [0.2, 0.25) is 0 Å². The van der Waals surface area contributed by atoms with Crippen LogP contribution in [0.3, 0.4) is 0 Å². The summed E-state index contributed by atoms with van der Waals surface area (Å²) in [6, 6.07) is 0.773. The van der Waals surface area contributed by atoms with Gasteiger partial charge in [-0.05, 0) is 59.5 Å². The molecule has 3 nitrogen and oxygen atoms in total. The first-order chi connectivity index (χ1) is 7.74. The Bertz CT molecular complexity index is 163. The molecule has 0 aromatic heterocycles. The maximum Gasteiger partial charge on any atom is 0.0220 e. The Morgan fingerprint density at radius 1 is 1.19 bits per heavy atom. The molecule has 1 rings (SSSR count). The second-order valence-electron chi connectivity index (χ2n) is 5.14. The van der Waals surface area contributed by atoms with Crippen LogP contribution >= 0.6 is 0 Å². The van der Waals surface area contributed by atoms with Crippen molar-refractivity contribution in [3.8, 4) is 0 Å². The van der Waals surface area contributed by atoms with Crippen LogP contribution in [0.2, 0.25) is 0 Å². The summed E-state index contributed by atoms with van der Waals surface area (Å²) >= 11 is 0. The maximum absolute atomic E-state index is 3.56. The van der Waals surface area contributed by atoms with E-state index in [9.17, 15) is 0 Å². The molecule has 0 bridgehead atoms. The molecule has 1 saturated heterocycles. The SMILES string of the molecule is CCN(CCCN(C)C)C1CCCCNC1. The highest BCUT2D eigenvalue weighted by Gasteiger charge is 2.17. The highest BCUT2D eigenvalue weighted by atomic mass is 15.2. The Kier molecular flexibility index (Phi) is 7.01. The quantitative estimate of drug-likeness (QED) is 0.740. The molecule has 0 amide bonds. The van der Waals surface area contributed by atoms with E-state index in [4.69, 9.17) is 0 Å². The number of nitrogens with one attached hydrogen (secondary N) is 1. The van der Waals surface area contributed by atoms with Crippen LogP contribution in [0.15, 0.2) is 0 Å². The third-order valence-electron chi connectivity index (χ3n) is 3.49. The summed E-state index contributed by atoms with van der Waals surface area (Å²) in [7, 11) is 4.31. The number of nitrogens with zero attached hydrogens (tertiary/aromatic N) is 2. The predicted molar refractivity (Wildman–Crippen MR) is 70.9 cm³/mol. The molecule has 0 saturated carbocycles. The molecule has 0 radical (unpaired) electrons. The van der Waals surface area contributed by atoms with Gasteiger partial charge in [-0.1, -0.05) is 13.3 Å². The molecule has 1 fully saturated rings. The van der Waals surface area contributed by atoms with E-state index in [1.54, 1.807) is 0 Å². The summed E-state index contributed by atoms with van der Waals surface area (Å²) in [6.45, 7) is 8.35. The number of hydrogen-bond acceptors (Lipinski definition) is 3. The summed E-state index contributed by atoms with van der Waals surface area (Å²) < 4.78 is 0. The molecular formula is C13H29N3. The number of likely N-dealkylation sites (N-methyl/N-ethyl adjacent to an activating group) is 1. The van der Waals surface area contributed by atoms with Crippen LogP contribution in [0.25, 0.3) is 0 Å². The van der Waals surface area contributed by atoms with Crippen LogP contribution < -0.4 is 5.32 Å². The fourth-order valence-corrected chi connectivity index (χ4v) is 2.50. The highest BCUT2D eigenvalue weighted by Crippen LogP contribution is 2.11. The van der Waals surface area contributed by atoms with E-state index in [2.05, 4.69) is 36.1 Å². The molecule has 3 heteroatoms. The van der Waals surface area contributed by atoms with E-state index >= 15 is 0 Å². The summed E-state index contributed by atoms with van der Waals surface area (Å²) in [4.78, 5) is 4.93. The van der Waals surface area contributed by atoms with E-state index in [0.29, 0.717) is 0 Å². The van der Waals surface area contributed by atoms with Gasteiger partial charge in [0.05, 0.1) is 0 Å². The van der Waals surface area contributed by atoms with Crippen molar-refractivity contribution in [2.45, 2.75) is 38.6 Å². The van der Waals surface area contributed by atoms with Crippen LogP contribution in [0, 0.1) is 0 Å². The average Bonchev–Trinajstić information content (AvgIpc) is 2.52. The first-order valence-electron chi connectivity index (χ1n) is 6.83. The van der Waals surface area contributed by atoms with E-state index in [1.807, 2.05) is 0 Å². The van der Waals surface area contributed by atoms with Gasteiger partial charge in [-0.3, -0.25) is 4.90 Å². The van der Waals surface area contributed by atoms with Crippen molar-refractivity contribution in [3.63, 3.8) is 0 Å². The van der Waals surface area contributed by atoms with Gasteiger partial charge in [0.15, 0.2) is 0 Å². The lowest BCUT2D eigenvalue weighted by atomic mass is 10.1. The molecule has 1 heterocycles. The lowest BCUT2D eigenvalue weighted by Gasteiger charge is -2.30. The Labute approximate surface area is 101 Å². The molecule has 16 heavy (non-hydrogen) atoms. The fourth-order valence-electron chi connectivity index (χ4n) is 2.50. The van der Waals surface area contributed by atoms with Gasteiger partial charge < -0.3 is 10.2 Å². The lowest BCUT2D eigenvalue weighted by molar-refractivity contribution is 0.187. The third kappa shape index (κ3) is 5.28. The summed E-state index contributed by atoms with van der Waals surface area (Å²) in [6.07, 6.45) is 5.41. The average molecular weight is 227 g/mol. The minimum atomic E-state index is 0.773. The highest BCUT2D eigenvalue weighted by molar-refractivity contribution is 4.76. The lowest BCUT2D eigenvalue weighted by Crippen LogP contribution is -2.42. The maximum atomic E-state index is 3.56. The molecule has 0 aromatic rings. The van der Waals surface area contributed by atoms with Gasteiger partial charge in [-0.25, -0.2) is 0 Å². The largest absolute Gasteiger partial charge is 0.315 e. The predicted octanol–water partition coefficient (Wildman–Crippen LogP) is 1.40. The Hall–Kier alpha value is -0.120. The topological polar surface area (TPSA) is 18.5 Å². The van der Waals surface area contributed by atoms with Crippen molar-refractivity contribution in [1.29, 1.82) is 0 Å². The zero-order valence-corrected chi connectivity index (χ0v) is 11.3. The van der Waals surface area contributed by atoms with Gasteiger partial charge in [0.25, 0.3) is 0 Å². The molecule has 1 atom stereocenters. The number of rotatable bonds is 6. The van der Waals surface area contributed by atoms with Gasteiger partial charge in [-0.15, -0.1) is 0 Å². The van der Waals surface area contributed by atoms with E-state index < -0.39 is 0 Å². The molecule has 1 aliphatic rings. The van der Waals surface area contributed by atoms with Gasteiger partial charge in [0, 0.05) is 12.6 Å². The van der Waals surface area contributed by atoms with E-state index in [0.717, 1.165) is 6.04 Å². The van der Waals surface area contributed by atoms with Crippen molar-refractivity contribution in [1.82, 2.24) is 15.1 Å². The Balaban J connectivity index is 2.27. The smallest absolute Gasteiger partial charge is 0.0220 e. The molecular weight excluding hydrogens is 198 g/mol. The molecule has 1 unspecified atom stereocenters. The van der Waals surface area contributed by atoms with Crippen LogP contribution in [-0.4, -0.2) is 62.7 Å². The van der Waals surface area contributed by atoms with Crippen molar-refractivity contribution >= 4 is 0 Å². The van der Waals surface area contributed by atoms with Crippen molar-refractivity contribution in [3.05, 3.63) is 0 Å². The number of hydrogen-bond donors (Lipinski definition) is 1. The third-order valence-corrected chi connectivity index (χ3v) is 3.49. The van der Waals surface area contributed by atoms with Crippen molar-refractivity contribution in [2.75, 3.05) is 46.8 Å². The monoisotopic (exact) mass is 227 g/mol. The normalized spacial score (nSPS) is 22.7. The van der Waals surface area contributed by atoms with Crippen molar-refractivity contribution in [2.24, 2.45) is 0 Å².